The van der Waals surface area contributed by atoms with Crippen molar-refractivity contribution in [3.63, 3.8) is 0 Å². The molecule has 0 unspecified atom stereocenters. The molecule has 0 bridgehead atoms. The standard InChI is InChI=1S/C10H13BrN2O/c1-6(2)13-9(8(11)5-12-13)10(14)7-3-4-7/h5-7H,3-4H2,1-2H3. The third-order valence-electron chi connectivity index (χ3n) is 2.42. The van der Waals surface area contributed by atoms with Crippen LogP contribution in [0.25, 0.3) is 0 Å². The van der Waals surface area contributed by atoms with Crippen LogP contribution in [0.3, 0.4) is 0 Å². The van der Waals surface area contributed by atoms with E-state index in [0.717, 1.165) is 23.0 Å². The summed E-state index contributed by atoms with van der Waals surface area (Å²) in [4.78, 5) is 11.9. The van der Waals surface area contributed by atoms with Crippen LogP contribution in [0.4, 0.5) is 0 Å². The number of carbonyl (C=O) groups is 1. The van der Waals surface area contributed by atoms with Crippen molar-refractivity contribution in [2.24, 2.45) is 5.92 Å². The van der Waals surface area contributed by atoms with Gasteiger partial charge in [0.1, 0.15) is 5.69 Å². The summed E-state index contributed by atoms with van der Waals surface area (Å²) in [6.07, 6.45) is 3.78. The molecule has 0 saturated heterocycles. The van der Waals surface area contributed by atoms with Gasteiger partial charge in [-0.2, -0.15) is 5.10 Å². The van der Waals surface area contributed by atoms with Crippen LogP contribution < -0.4 is 0 Å². The van der Waals surface area contributed by atoms with Gasteiger partial charge >= 0.3 is 0 Å². The summed E-state index contributed by atoms with van der Waals surface area (Å²) in [5, 5.41) is 4.20. The Balaban J connectivity index is 2.38. The summed E-state index contributed by atoms with van der Waals surface area (Å²) < 4.78 is 2.62. The van der Waals surface area contributed by atoms with Gasteiger partial charge in [-0.25, -0.2) is 0 Å². The molecule has 0 atom stereocenters. The van der Waals surface area contributed by atoms with Crippen LogP contribution in [0.5, 0.6) is 0 Å². The topological polar surface area (TPSA) is 34.9 Å². The van der Waals surface area contributed by atoms with Crippen molar-refractivity contribution in [2.75, 3.05) is 0 Å². The minimum Gasteiger partial charge on any atom is -0.292 e. The maximum atomic E-state index is 11.9. The Hall–Kier alpha value is -0.640. The van der Waals surface area contributed by atoms with Crippen LogP contribution in [0, 0.1) is 5.92 Å². The van der Waals surface area contributed by atoms with E-state index in [2.05, 4.69) is 21.0 Å². The summed E-state index contributed by atoms with van der Waals surface area (Å²) in [5.41, 5.74) is 0.738. The van der Waals surface area contributed by atoms with Crippen molar-refractivity contribution >= 4 is 21.7 Å². The predicted molar refractivity (Wildman–Crippen MR) is 57.4 cm³/mol. The minimum absolute atomic E-state index is 0.235. The number of carbonyl (C=O) groups excluding carboxylic acids is 1. The number of aromatic nitrogens is 2. The minimum atomic E-state index is 0.235. The number of nitrogens with zero attached hydrogens (tertiary/aromatic N) is 2. The molecular formula is C10H13BrN2O. The second-order valence-corrected chi connectivity index (χ2v) is 4.87. The fraction of sp³-hybridized carbons (Fsp3) is 0.600. The highest BCUT2D eigenvalue weighted by atomic mass is 79.9. The first kappa shape index (κ1) is 9.90. The molecule has 1 heterocycles. The van der Waals surface area contributed by atoms with E-state index in [0.29, 0.717) is 0 Å². The average molecular weight is 257 g/mol. The molecule has 1 saturated carbocycles. The molecular weight excluding hydrogens is 244 g/mol. The van der Waals surface area contributed by atoms with Gasteiger partial charge < -0.3 is 0 Å². The lowest BCUT2D eigenvalue weighted by atomic mass is 10.2. The molecule has 1 aromatic heterocycles. The van der Waals surface area contributed by atoms with Crippen molar-refractivity contribution in [3.8, 4) is 0 Å². The van der Waals surface area contributed by atoms with Crippen LogP contribution in [0.15, 0.2) is 10.7 Å². The molecule has 0 radical (unpaired) electrons. The van der Waals surface area contributed by atoms with Gasteiger partial charge in [0.25, 0.3) is 0 Å². The van der Waals surface area contributed by atoms with Gasteiger partial charge in [-0.1, -0.05) is 0 Å². The van der Waals surface area contributed by atoms with Gasteiger partial charge in [-0.15, -0.1) is 0 Å². The quantitative estimate of drug-likeness (QED) is 0.780. The molecule has 0 amide bonds. The second-order valence-electron chi connectivity index (χ2n) is 4.02. The molecule has 14 heavy (non-hydrogen) atoms. The summed E-state index contributed by atoms with van der Waals surface area (Å²) in [7, 11) is 0. The number of hydrogen-bond acceptors (Lipinski definition) is 2. The SMILES string of the molecule is CC(C)n1ncc(Br)c1C(=O)C1CC1. The zero-order valence-electron chi connectivity index (χ0n) is 8.33. The highest BCUT2D eigenvalue weighted by Gasteiger charge is 2.34. The Bertz CT molecular complexity index is 366. The van der Waals surface area contributed by atoms with Gasteiger partial charge in [-0.05, 0) is 42.6 Å². The van der Waals surface area contributed by atoms with Crippen molar-refractivity contribution < 1.29 is 4.79 Å². The molecule has 0 spiro atoms. The number of halogens is 1. The van der Waals surface area contributed by atoms with Crippen molar-refractivity contribution in [3.05, 3.63) is 16.4 Å². The summed E-state index contributed by atoms with van der Waals surface area (Å²) in [5.74, 6) is 0.489. The molecule has 1 aromatic rings. The molecule has 1 aliphatic carbocycles. The molecule has 1 fully saturated rings. The van der Waals surface area contributed by atoms with Crippen LogP contribution in [0.2, 0.25) is 0 Å². The van der Waals surface area contributed by atoms with Crippen molar-refractivity contribution in [1.29, 1.82) is 0 Å². The van der Waals surface area contributed by atoms with Crippen LogP contribution in [-0.2, 0) is 0 Å². The smallest absolute Gasteiger partial charge is 0.185 e. The molecule has 3 nitrogen and oxygen atoms in total. The van der Waals surface area contributed by atoms with Crippen LogP contribution in [0.1, 0.15) is 43.2 Å². The van der Waals surface area contributed by atoms with Gasteiger partial charge in [-0.3, -0.25) is 9.48 Å². The lowest BCUT2D eigenvalue weighted by molar-refractivity contribution is 0.0954. The number of Topliss-reactive ketones (excluding diaryl/α,β-unsaturated/α-hetero) is 1. The predicted octanol–water partition coefficient (Wildman–Crippen LogP) is 2.82. The number of rotatable bonds is 3. The van der Waals surface area contributed by atoms with E-state index in [1.807, 2.05) is 13.8 Å². The fourth-order valence-electron chi connectivity index (χ4n) is 1.50. The first-order valence-corrected chi connectivity index (χ1v) is 5.67. The summed E-state index contributed by atoms with van der Waals surface area (Å²) >= 11 is 3.38. The van der Waals surface area contributed by atoms with E-state index in [1.165, 1.54) is 0 Å². The van der Waals surface area contributed by atoms with E-state index >= 15 is 0 Å². The maximum Gasteiger partial charge on any atom is 0.185 e. The Labute approximate surface area is 91.6 Å². The highest BCUT2D eigenvalue weighted by molar-refractivity contribution is 9.10. The van der Waals surface area contributed by atoms with Crippen molar-refractivity contribution in [1.82, 2.24) is 9.78 Å². The van der Waals surface area contributed by atoms with Gasteiger partial charge in [0.2, 0.25) is 0 Å². The largest absolute Gasteiger partial charge is 0.292 e. The average Bonchev–Trinajstić information content (AvgIpc) is 2.88. The van der Waals surface area contributed by atoms with E-state index in [9.17, 15) is 4.79 Å². The van der Waals surface area contributed by atoms with E-state index < -0.39 is 0 Å². The zero-order valence-corrected chi connectivity index (χ0v) is 9.91. The second kappa shape index (κ2) is 3.50. The van der Waals surface area contributed by atoms with Crippen LogP contribution in [-0.4, -0.2) is 15.6 Å². The van der Waals surface area contributed by atoms with Crippen LogP contribution >= 0.6 is 15.9 Å². The van der Waals surface area contributed by atoms with Gasteiger partial charge in [0, 0.05) is 12.0 Å². The molecule has 4 heteroatoms. The molecule has 0 N–H and O–H groups in total. The lowest BCUT2D eigenvalue weighted by Gasteiger charge is -2.09. The molecule has 0 aromatic carbocycles. The summed E-state index contributed by atoms with van der Waals surface area (Å²) in [6, 6.07) is 0.235. The number of hydrogen-bond donors (Lipinski definition) is 0. The molecule has 76 valence electrons. The van der Waals surface area contributed by atoms with E-state index in [4.69, 9.17) is 0 Å². The molecule has 0 aliphatic heterocycles. The maximum absolute atomic E-state index is 11.9. The Morgan fingerprint density at radius 2 is 2.29 bits per heavy atom. The normalized spacial score (nSPS) is 16.3. The third kappa shape index (κ3) is 1.63. The van der Waals surface area contributed by atoms with Gasteiger partial charge in [0.05, 0.1) is 10.7 Å². The lowest BCUT2D eigenvalue weighted by Crippen LogP contribution is -2.14. The molecule has 2 rings (SSSR count). The first-order valence-electron chi connectivity index (χ1n) is 4.88. The van der Waals surface area contributed by atoms with E-state index in [1.54, 1.807) is 10.9 Å². The highest BCUT2D eigenvalue weighted by Crippen LogP contribution is 2.35. The van der Waals surface area contributed by atoms with Gasteiger partial charge in [0.15, 0.2) is 5.78 Å². The summed E-state index contributed by atoms with van der Waals surface area (Å²) in [6.45, 7) is 4.06. The Kier molecular flexibility index (Phi) is 2.47. The van der Waals surface area contributed by atoms with Crippen molar-refractivity contribution in [2.45, 2.75) is 32.7 Å². The Morgan fingerprint density at radius 1 is 1.64 bits per heavy atom. The Morgan fingerprint density at radius 3 is 2.79 bits per heavy atom. The molecule has 1 aliphatic rings. The first-order chi connectivity index (χ1) is 6.61. The monoisotopic (exact) mass is 256 g/mol. The number of ketones is 1. The fourth-order valence-corrected chi connectivity index (χ4v) is 1.97. The third-order valence-corrected chi connectivity index (χ3v) is 3.00. The zero-order chi connectivity index (χ0) is 10.3. The van der Waals surface area contributed by atoms with E-state index in [-0.39, 0.29) is 17.7 Å².